The zero-order valence-corrected chi connectivity index (χ0v) is 21.2. The molecule has 0 unspecified atom stereocenters. The molecule has 3 aromatic carbocycles. The van der Waals surface area contributed by atoms with Crippen LogP contribution in [0.5, 0.6) is 5.75 Å². The molecule has 0 aliphatic carbocycles. The molecule has 5 rings (SSSR count). The van der Waals surface area contributed by atoms with E-state index in [1.165, 1.54) is 16.0 Å². The Kier molecular flexibility index (Phi) is 6.89. The van der Waals surface area contributed by atoms with Gasteiger partial charge in [0.25, 0.3) is 5.91 Å². The van der Waals surface area contributed by atoms with Crippen LogP contribution in [-0.4, -0.2) is 29.0 Å². The fourth-order valence-electron chi connectivity index (χ4n) is 5.20. The average molecular weight is 492 g/mol. The van der Waals surface area contributed by atoms with Crippen molar-refractivity contribution in [2.45, 2.75) is 68.4 Å². The van der Waals surface area contributed by atoms with E-state index < -0.39 is 0 Å². The number of amides is 1. The number of rotatable bonds is 6. The number of carbonyl (C=O) groups is 1. The summed E-state index contributed by atoms with van der Waals surface area (Å²) in [5.41, 5.74) is 4.42. The minimum Gasteiger partial charge on any atom is -0.489 e. The third-order valence-corrected chi connectivity index (χ3v) is 8.28. The minimum atomic E-state index is 0.0990. The van der Waals surface area contributed by atoms with Gasteiger partial charge in [-0.05, 0) is 74.2 Å². The lowest BCUT2D eigenvalue weighted by molar-refractivity contribution is 0.0359. The number of carbonyl (C=O) groups excluding carboxylic acids is 1. The van der Waals surface area contributed by atoms with Gasteiger partial charge in [0, 0.05) is 41.1 Å². The number of halogens is 1. The van der Waals surface area contributed by atoms with Crippen molar-refractivity contribution >= 4 is 29.3 Å². The van der Waals surface area contributed by atoms with E-state index in [9.17, 15) is 4.79 Å². The van der Waals surface area contributed by atoms with Crippen LogP contribution in [-0.2, 0) is 5.75 Å². The highest BCUT2D eigenvalue weighted by Gasteiger charge is 2.44. The summed E-state index contributed by atoms with van der Waals surface area (Å²) >= 11 is 8.17. The Morgan fingerprint density at radius 3 is 2.38 bits per heavy atom. The highest BCUT2D eigenvalue weighted by molar-refractivity contribution is 7.98. The van der Waals surface area contributed by atoms with Crippen molar-refractivity contribution in [2.75, 3.05) is 0 Å². The van der Waals surface area contributed by atoms with Gasteiger partial charge >= 0.3 is 0 Å². The number of aryl methyl sites for hydroxylation is 2. The molecule has 2 fully saturated rings. The van der Waals surface area contributed by atoms with Gasteiger partial charge in [0.2, 0.25) is 0 Å². The standard InChI is InChI=1S/C29H30ClNO2S/c1-19-4-3-5-26(14-19)34-18-21-7-9-22(10-8-21)29(32)31-23-11-12-24(31)17-25(16-23)33-28-15-20(2)6-13-27(28)30/h3-10,13-15,23-25H,11-12,16-18H2,1-2H3/t23-,24-/m0/s1. The van der Waals surface area contributed by atoms with Crippen LogP contribution in [0.4, 0.5) is 0 Å². The van der Waals surface area contributed by atoms with E-state index >= 15 is 0 Å². The lowest BCUT2D eigenvalue weighted by atomic mass is 9.98. The first-order chi connectivity index (χ1) is 16.5. The molecule has 5 heteroatoms. The maximum absolute atomic E-state index is 13.4. The van der Waals surface area contributed by atoms with Gasteiger partial charge in [-0.3, -0.25) is 4.79 Å². The third-order valence-electron chi connectivity index (χ3n) is 6.90. The van der Waals surface area contributed by atoms with Gasteiger partial charge in [-0.1, -0.05) is 47.5 Å². The van der Waals surface area contributed by atoms with Crippen LogP contribution in [0, 0.1) is 13.8 Å². The molecule has 0 spiro atoms. The van der Waals surface area contributed by atoms with E-state index in [4.69, 9.17) is 16.3 Å². The summed E-state index contributed by atoms with van der Waals surface area (Å²) in [5, 5.41) is 0.650. The Bertz CT molecular complexity index is 1170. The average Bonchev–Trinajstić information content (AvgIpc) is 3.10. The van der Waals surface area contributed by atoms with Crippen molar-refractivity contribution in [3.8, 4) is 5.75 Å². The summed E-state index contributed by atoms with van der Waals surface area (Å²) < 4.78 is 6.30. The van der Waals surface area contributed by atoms with Gasteiger partial charge in [0.05, 0.1) is 5.02 Å². The van der Waals surface area contributed by atoms with Crippen LogP contribution in [0.15, 0.2) is 71.6 Å². The number of nitrogens with zero attached hydrogens (tertiary/aromatic N) is 1. The van der Waals surface area contributed by atoms with E-state index in [0.29, 0.717) is 5.02 Å². The molecule has 2 aliphatic rings. The smallest absolute Gasteiger partial charge is 0.254 e. The number of piperidine rings is 1. The molecular formula is C29H30ClNO2S. The maximum Gasteiger partial charge on any atom is 0.254 e. The van der Waals surface area contributed by atoms with Crippen molar-refractivity contribution in [3.63, 3.8) is 0 Å². The zero-order chi connectivity index (χ0) is 23.7. The largest absolute Gasteiger partial charge is 0.489 e. The first-order valence-corrected chi connectivity index (χ1v) is 13.4. The summed E-state index contributed by atoms with van der Waals surface area (Å²) in [6.07, 6.45) is 3.91. The second kappa shape index (κ2) is 10.1. The van der Waals surface area contributed by atoms with Crippen molar-refractivity contribution in [3.05, 3.63) is 94.0 Å². The number of hydrogen-bond donors (Lipinski definition) is 0. The lowest BCUT2D eigenvalue weighted by Gasteiger charge is -2.39. The Balaban J connectivity index is 1.21. The summed E-state index contributed by atoms with van der Waals surface area (Å²) in [6, 6.07) is 23.1. The van der Waals surface area contributed by atoms with Gasteiger partial charge in [0.15, 0.2) is 0 Å². The second-order valence-electron chi connectivity index (χ2n) is 9.54. The van der Waals surface area contributed by atoms with Crippen LogP contribution in [0.3, 0.4) is 0 Å². The van der Waals surface area contributed by atoms with Crippen molar-refractivity contribution in [1.82, 2.24) is 4.90 Å². The number of ether oxygens (including phenoxy) is 1. The molecule has 2 saturated heterocycles. The van der Waals surface area contributed by atoms with Crippen LogP contribution in [0.2, 0.25) is 5.02 Å². The van der Waals surface area contributed by atoms with Gasteiger partial charge < -0.3 is 9.64 Å². The summed E-state index contributed by atoms with van der Waals surface area (Å²) in [5.74, 6) is 1.80. The van der Waals surface area contributed by atoms with Crippen LogP contribution in [0.1, 0.15) is 52.7 Å². The predicted octanol–water partition coefficient (Wildman–Crippen LogP) is 7.46. The fourth-order valence-corrected chi connectivity index (χ4v) is 6.33. The summed E-state index contributed by atoms with van der Waals surface area (Å²) in [6.45, 7) is 4.16. The van der Waals surface area contributed by atoms with Crippen molar-refractivity contribution < 1.29 is 9.53 Å². The first kappa shape index (κ1) is 23.3. The molecule has 3 aromatic rings. The molecule has 0 radical (unpaired) electrons. The van der Waals surface area contributed by atoms with Gasteiger partial charge in [0.1, 0.15) is 11.9 Å². The molecule has 34 heavy (non-hydrogen) atoms. The Morgan fingerprint density at radius 2 is 1.68 bits per heavy atom. The SMILES string of the molecule is Cc1cccc(SCc2ccc(C(=O)N3[C@H]4CC[C@H]3CC(Oc3cc(C)ccc3Cl)C4)cc2)c1. The molecule has 2 bridgehead atoms. The molecular weight excluding hydrogens is 462 g/mol. The zero-order valence-electron chi connectivity index (χ0n) is 19.7. The quantitative estimate of drug-likeness (QED) is 0.335. The molecule has 176 valence electrons. The molecule has 0 aromatic heterocycles. The van der Waals surface area contributed by atoms with E-state index in [0.717, 1.165) is 48.3 Å². The number of benzene rings is 3. The Morgan fingerprint density at radius 1 is 0.971 bits per heavy atom. The topological polar surface area (TPSA) is 29.5 Å². The molecule has 2 atom stereocenters. The Labute approximate surface area is 211 Å². The highest BCUT2D eigenvalue weighted by atomic mass is 35.5. The van der Waals surface area contributed by atoms with Gasteiger partial charge in [-0.25, -0.2) is 0 Å². The van der Waals surface area contributed by atoms with E-state index in [1.54, 1.807) is 0 Å². The monoisotopic (exact) mass is 491 g/mol. The lowest BCUT2D eigenvalue weighted by Crippen LogP contribution is -2.49. The highest BCUT2D eigenvalue weighted by Crippen LogP contribution is 2.39. The third kappa shape index (κ3) is 5.13. The second-order valence-corrected chi connectivity index (χ2v) is 11.0. The molecule has 2 heterocycles. The van der Waals surface area contributed by atoms with Crippen LogP contribution >= 0.6 is 23.4 Å². The summed E-state index contributed by atoms with van der Waals surface area (Å²) in [4.78, 5) is 16.8. The molecule has 0 saturated carbocycles. The van der Waals surface area contributed by atoms with E-state index in [-0.39, 0.29) is 24.1 Å². The normalized spacial score (nSPS) is 21.5. The fraction of sp³-hybridized carbons (Fsp3) is 0.345. The maximum atomic E-state index is 13.4. The predicted molar refractivity (Wildman–Crippen MR) is 140 cm³/mol. The molecule has 1 amide bonds. The van der Waals surface area contributed by atoms with Crippen molar-refractivity contribution in [2.24, 2.45) is 0 Å². The number of thioether (sulfide) groups is 1. The van der Waals surface area contributed by atoms with E-state index in [1.807, 2.05) is 49.0 Å². The molecule has 2 aliphatic heterocycles. The van der Waals surface area contributed by atoms with Gasteiger partial charge in [-0.2, -0.15) is 0 Å². The number of fused-ring (bicyclic) bond motifs is 2. The number of hydrogen-bond acceptors (Lipinski definition) is 3. The first-order valence-electron chi connectivity index (χ1n) is 12.0. The van der Waals surface area contributed by atoms with Crippen LogP contribution in [0.25, 0.3) is 0 Å². The molecule has 3 nitrogen and oxygen atoms in total. The van der Waals surface area contributed by atoms with Crippen LogP contribution < -0.4 is 4.74 Å². The summed E-state index contributed by atoms with van der Waals surface area (Å²) in [7, 11) is 0. The van der Waals surface area contributed by atoms with Gasteiger partial charge in [-0.15, -0.1) is 11.8 Å². The van der Waals surface area contributed by atoms with E-state index in [2.05, 4.69) is 48.2 Å². The molecule has 0 N–H and O–H groups in total. The Hall–Kier alpha value is -2.43. The minimum absolute atomic E-state index is 0.0990. The van der Waals surface area contributed by atoms with Crippen molar-refractivity contribution in [1.29, 1.82) is 0 Å².